The van der Waals surface area contributed by atoms with Crippen molar-refractivity contribution < 1.29 is 9.47 Å². The van der Waals surface area contributed by atoms with Crippen LogP contribution < -0.4 is 15.0 Å². The summed E-state index contributed by atoms with van der Waals surface area (Å²) in [6, 6.07) is 6.73. The Balaban J connectivity index is 2.76. The van der Waals surface area contributed by atoms with E-state index in [1.165, 1.54) is 20.3 Å². The van der Waals surface area contributed by atoms with E-state index in [4.69, 9.17) is 21.1 Å². The number of nitrogens with zero attached hydrogens (tertiary/aromatic N) is 1. The minimum atomic E-state index is -0.359. The van der Waals surface area contributed by atoms with Crippen molar-refractivity contribution in [2.45, 2.75) is 0 Å². The maximum absolute atomic E-state index is 11.8. The largest absolute Gasteiger partial charge is 0.496 e. The lowest BCUT2D eigenvalue weighted by molar-refractivity contribution is 0.397. The SMILES string of the molecule is COc1cccc(OC)c1-c1cc(Cl)n[nH]c1=O. The molecule has 0 atom stereocenters. The zero-order valence-electron chi connectivity index (χ0n) is 9.86. The van der Waals surface area contributed by atoms with Crippen LogP contribution in [0.25, 0.3) is 11.1 Å². The van der Waals surface area contributed by atoms with E-state index in [0.717, 1.165) is 0 Å². The van der Waals surface area contributed by atoms with Crippen LogP contribution in [0.3, 0.4) is 0 Å². The van der Waals surface area contributed by atoms with Crippen LogP contribution in [0.2, 0.25) is 5.15 Å². The molecule has 1 N–H and O–H groups in total. The summed E-state index contributed by atoms with van der Waals surface area (Å²) in [6.45, 7) is 0. The molecule has 0 saturated carbocycles. The molecule has 5 nitrogen and oxygen atoms in total. The second-order valence-electron chi connectivity index (χ2n) is 3.47. The fourth-order valence-electron chi connectivity index (χ4n) is 1.68. The highest BCUT2D eigenvalue weighted by Crippen LogP contribution is 2.36. The fourth-order valence-corrected chi connectivity index (χ4v) is 1.84. The van der Waals surface area contributed by atoms with Gasteiger partial charge in [0.1, 0.15) is 16.7 Å². The number of ether oxygens (including phenoxy) is 2. The molecule has 0 saturated heterocycles. The van der Waals surface area contributed by atoms with Gasteiger partial charge in [0, 0.05) is 0 Å². The Morgan fingerprint density at radius 2 is 1.83 bits per heavy atom. The second kappa shape index (κ2) is 5.10. The topological polar surface area (TPSA) is 64.2 Å². The molecule has 0 aliphatic rings. The molecule has 0 bridgehead atoms. The molecule has 0 fully saturated rings. The molecule has 0 radical (unpaired) electrons. The number of aromatic amines is 1. The molecule has 6 heteroatoms. The summed E-state index contributed by atoms with van der Waals surface area (Å²) in [5.41, 5.74) is 0.541. The van der Waals surface area contributed by atoms with Gasteiger partial charge in [-0.2, -0.15) is 5.10 Å². The zero-order valence-corrected chi connectivity index (χ0v) is 10.6. The Morgan fingerprint density at radius 1 is 1.22 bits per heavy atom. The smallest absolute Gasteiger partial charge is 0.272 e. The van der Waals surface area contributed by atoms with Gasteiger partial charge in [-0.05, 0) is 18.2 Å². The molecule has 94 valence electrons. The second-order valence-corrected chi connectivity index (χ2v) is 3.86. The maximum Gasteiger partial charge on any atom is 0.272 e. The van der Waals surface area contributed by atoms with Gasteiger partial charge in [0.15, 0.2) is 0 Å². The molecule has 0 aliphatic carbocycles. The number of aromatic nitrogens is 2. The van der Waals surface area contributed by atoms with Gasteiger partial charge in [0.25, 0.3) is 5.56 Å². The fraction of sp³-hybridized carbons (Fsp3) is 0.167. The molecule has 18 heavy (non-hydrogen) atoms. The van der Waals surface area contributed by atoms with Crippen molar-refractivity contribution >= 4 is 11.6 Å². The summed E-state index contributed by atoms with van der Waals surface area (Å²) < 4.78 is 10.5. The Labute approximate surface area is 108 Å². The average molecular weight is 267 g/mol. The zero-order chi connectivity index (χ0) is 13.1. The molecule has 1 aromatic carbocycles. The van der Waals surface area contributed by atoms with Gasteiger partial charge in [0.05, 0.1) is 25.3 Å². The molecule has 1 heterocycles. The summed E-state index contributed by atoms with van der Waals surface area (Å²) in [5.74, 6) is 1.06. The van der Waals surface area contributed by atoms with Crippen LogP contribution in [0, 0.1) is 0 Å². The molecule has 2 rings (SSSR count). The van der Waals surface area contributed by atoms with Gasteiger partial charge in [-0.15, -0.1) is 0 Å². The normalized spacial score (nSPS) is 10.2. The lowest BCUT2D eigenvalue weighted by Gasteiger charge is -2.12. The highest BCUT2D eigenvalue weighted by Gasteiger charge is 2.16. The van der Waals surface area contributed by atoms with Crippen molar-refractivity contribution in [2.24, 2.45) is 0 Å². The molecule has 1 aromatic heterocycles. The lowest BCUT2D eigenvalue weighted by atomic mass is 10.1. The summed E-state index contributed by atoms with van der Waals surface area (Å²) >= 11 is 5.79. The monoisotopic (exact) mass is 266 g/mol. The Hall–Kier alpha value is -2.01. The minimum Gasteiger partial charge on any atom is -0.496 e. The van der Waals surface area contributed by atoms with Crippen molar-refractivity contribution in [3.05, 3.63) is 39.8 Å². The van der Waals surface area contributed by atoms with E-state index in [2.05, 4.69) is 10.2 Å². The van der Waals surface area contributed by atoms with Crippen molar-refractivity contribution in [3.8, 4) is 22.6 Å². The van der Waals surface area contributed by atoms with Crippen LogP contribution in [0.4, 0.5) is 0 Å². The van der Waals surface area contributed by atoms with Gasteiger partial charge >= 0.3 is 0 Å². The van der Waals surface area contributed by atoms with Crippen LogP contribution in [-0.4, -0.2) is 24.4 Å². The van der Waals surface area contributed by atoms with E-state index in [0.29, 0.717) is 22.6 Å². The number of nitrogens with one attached hydrogen (secondary N) is 1. The summed E-state index contributed by atoms with van der Waals surface area (Å²) in [5, 5.41) is 6.14. The quantitative estimate of drug-likeness (QED) is 0.924. The minimum absolute atomic E-state index is 0.192. The van der Waals surface area contributed by atoms with Crippen LogP contribution in [0.5, 0.6) is 11.5 Å². The number of benzene rings is 1. The number of hydrogen-bond donors (Lipinski definition) is 1. The molecule has 0 amide bonds. The van der Waals surface area contributed by atoms with Gasteiger partial charge in [0.2, 0.25) is 0 Å². The van der Waals surface area contributed by atoms with Crippen LogP contribution >= 0.6 is 11.6 Å². The lowest BCUT2D eigenvalue weighted by Crippen LogP contribution is -2.11. The number of rotatable bonds is 3. The van der Waals surface area contributed by atoms with Crippen LogP contribution in [0.15, 0.2) is 29.1 Å². The molecule has 0 spiro atoms. The van der Waals surface area contributed by atoms with Crippen molar-refractivity contribution in [1.82, 2.24) is 10.2 Å². The van der Waals surface area contributed by atoms with Gasteiger partial charge in [-0.1, -0.05) is 17.7 Å². The maximum atomic E-state index is 11.8. The van der Waals surface area contributed by atoms with Gasteiger partial charge < -0.3 is 9.47 Å². The first kappa shape index (κ1) is 12.4. The summed E-state index contributed by atoms with van der Waals surface area (Å²) in [7, 11) is 3.05. The average Bonchev–Trinajstić information content (AvgIpc) is 2.40. The third-order valence-electron chi connectivity index (χ3n) is 2.47. The highest BCUT2D eigenvalue weighted by atomic mass is 35.5. The molecule has 0 unspecified atom stereocenters. The standard InChI is InChI=1S/C12H11ClN2O3/c1-17-8-4-3-5-9(18-2)11(8)7-6-10(13)14-15-12(7)16/h3-6H,1-2H3,(H,15,16). The van der Waals surface area contributed by atoms with Crippen LogP contribution in [0.1, 0.15) is 0 Å². The first-order valence-corrected chi connectivity index (χ1v) is 5.51. The van der Waals surface area contributed by atoms with E-state index >= 15 is 0 Å². The number of methoxy groups -OCH3 is 2. The van der Waals surface area contributed by atoms with E-state index in [1.807, 2.05) is 0 Å². The Kier molecular flexibility index (Phi) is 3.53. The van der Waals surface area contributed by atoms with E-state index in [-0.39, 0.29) is 10.7 Å². The van der Waals surface area contributed by atoms with Gasteiger partial charge in [-0.25, -0.2) is 5.10 Å². The third kappa shape index (κ3) is 2.17. The predicted molar refractivity (Wildman–Crippen MR) is 68.4 cm³/mol. The Bertz CT molecular complexity index is 603. The number of hydrogen-bond acceptors (Lipinski definition) is 4. The molecular formula is C12H11ClN2O3. The first-order chi connectivity index (χ1) is 8.67. The summed E-state index contributed by atoms with van der Waals surface area (Å²) in [4.78, 5) is 11.8. The predicted octanol–water partition coefficient (Wildman–Crippen LogP) is 2.11. The van der Waals surface area contributed by atoms with Crippen molar-refractivity contribution in [3.63, 3.8) is 0 Å². The molecule has 0 aliphatic heterocycles. The third-order valence-corrected chi connectivity index (χ3v) is 2.66. The highest BCUT2D eigenvalue weighted by molar-refractivity contribution is 6.29. The van der Waals surface area contributed by atoms with Gasteiger partial charge in [-0.3, -0.25) is 4.79 Å². The number of halogens is 1. The first-order valence-electron chi connectivity index (χ1n) is 5.14. The number of H-pyrrole nitrogens is 1. The molecule has 2 aromatic rings. The molecular weight excluding hydrogens is 256 g/mol. The van der Waals surface area contributed by atoms with Crippen LogP contribution in [-0.2, 0) is 0 Å². The van der Waals surface area contributed by atoms with Crippen molar-refractivity contribution in [2.75, 3.05) is 14.2 Å². The van der Waals surface area contributed by atoms with E-state index in [9.17, 15) is 4.79 Å². The Morgan fingerprint density at radius 3 is 2.39 bits per heavy atom. The van der Waals surface area contributed by atoms with Crippen molar-refractivity contribution in [1.29, 1.82) is 0 Å². The van der Waals surface area contributed by atoms with E-state index in [1.54, 1.807) is 18.2 Å². The van der Waals surface area contributed by atoms with E-state index < -0.39 is 0 Å². The summed E-state index contributed by atoms with van der Waals surface area (Å²) in [6.07, 6.45) is 0.